The van der Waals surface area contributed by atoms with E-state index < -0.39 is 0 Å². The van der Waals surface area contributed by atoms with Gasteiger partial charge in [0.05, 0.1) is 11.5 Å². The van der Waals surface area contributed by atoms with Crippen molar-refractivity contribution in [3.05, 3.63) is 16.3 Å². The second-order valence-electron chi connectivity index (χ2n) is 3.39. The molecule has 0 aromatic carbocycles. The topological polar surface area (TPSA) is 49.3 Å². The Balaban J connectivity index is 2.57. The summed E-state index contributed by atoms with van der Waals surface area (Å²) in [6.07, 6.45) is 1.92. The van der Waals surface area contributed by atoms with Crippen LogP contribution in [-0.2, 0) is 0 Å². The molecule has 2 atom stereocenters. The van der Waals surface area contributed by atoms with Crippen molar-refractivity contribution in [3.8, 4) is 0 Å². The predicted octanol–water partition coefficient (Wildman–Crippen LogP) is 1.88. The summed E-state index contributed by atoms with van der Waals surface area (Å²) >= 11 is 7.07. The molecule has 1 aromatic rings. The highest BCUT2D eigenvalue weighted by molar-refractivity contribution is 7.99. The van der Waals surface area contributed by atoms with Crippen LogP contribution in [0.25, 0.3) is 0 Å². The highest BCUT2D eigenvalue weighted by Gasteiger charge is 2.18. The van der Waals surface area contributed by atoms with Crippen LogP contribution in [0.5, 0.6) is 0 Å². The maximum Gasteiger partial charge on any atom is 0.261 e. The number of amides is 1. The maximum absolute atomic E-state index is 11.8. The van der Waals surface area contributed by atoms with Gasteiger partial charge in [-0.15, -0.1) is 24.0 Å². The van der Waals surface area contributed by atoms with Gasteiger partial charge in [-0.25, -0.2) is 0 Å². The van der Waals surface area contributed by atoms with Gasteiger partial charge >= 0.3 is 0 Å². The van der Waals surface area contributed by atoms with Crippen LogP contribution < -0.4 is 5.32 Å². The first-order chi connectivity index (χ1) is 7.58. The Labute approximate surface area is 109 Å². The van der Waals surface area contributed by atoms with E-state index in [-0.39, 0.29) is 23.8 Å². The Morgan fingerprint density at radius 2 is 2.44 bits per heavy atom. The highest BCUT2D eigenvalue weighted by Crippen LogP contribution is 2.18. The molecule has 0 aliphatic rings. The maximum atomic E-state index is 11.8. The van der Waals surface area contributed by atoms with Crippen molar-refractivity contribution in [1.29, 1.82) is 0 Å². The van der Waals surface area contributed by atoms with Gasteiger partial charge in [-0.05, 0) is 19.2 Å². The third-order valence-corrected chi connectivity index (χ3v) is 4.73. The summed E-state index contributed by atoms with van der Waals surface area (Å²) in [6.45, 7) is 1.95. The van der Waals surface area contributed by atoms with E-state index in [1.807, 2.05) is 18.6 Å². The van der Waals surface area contributed by atoms with Crippen LogP contribution in [0.1, 0.15) is 16.6 Å². The van der Waals surface area contributed by atoms with Crippen molar-refractivity contribution in [2.24, 2.45) is 0 Å². The second kappa shape index (κ2) is 6.54. The van der Waals surface area contributed by atoms with Crippen molar-refractivity contribution in [2.45, 2.75) is 23.1 Å². The average Bonchev–Trinajstić information content (AvgIpc) is 2.66. The van der Waals surface area contributed by atoms with Crippen molar-refractivity contribution < 1.29 is 9.90 Å². The molecule has 16 heavy (non-hydrogen) atoms. The lowest BCUT2D eigenvalue weighted by Gasteiger charge is -2.20. The monoisotopic (exact) mass is 277 g/mol. The minimum atomic E-state index is -0.106. The van der Waals surface area contributed by atoms with Gasteiger partial charge in [0.1, 0.15) is 0 Å². The number of nitrogens with one attached hydrogen (secondary N) is 1. The Bertz CT molecular complexity index is 350. The SMILES string of the molecule is CSC(CO)C(C)NC(=O)c1cc(S)cs1. The fourth-order valence-electron chi connectivity index (χ4n) is 1.25. The minimum Gasteiger partial charge on any atom is -0.395 e. The summed E-state index contributed by atoms with van der Waals surface area (Å²) in [6, 6.07) is 1.68. The Morgan fingerprint density at radius 1 is 1.75 bits per heavy atom. The molecule has 0 spiro atoms. The van der Waals surface area contributed by atoms with Crippen LogP contribution in [-0.4, -0.2) is 35.2 Å². The quantitative estimate of drug-likeness (QED) is 0.720. The fourth-order valence-corrected chi connectivity index (χ4v) is 2.93. The number of carbonyl (C=O) groups is 1. The van der Waals surface area contributed by atoms with Gasteiger partial charge in [-0.2, -0.15) is 11.8 Å². The van der Waals surface area contributed by atoms with E-state index in [1.54, 1.807) is 17.8 Å². The number of aliphatic hydroxyl groups is 1. The largest absolute Gasteiger partial charge is 0.395 e. The molecule has 0 radical (unpaired) electrons. The first kappa shape index (κ1) is 13.9. The van der Waals surface area contributed by atoms with E-state index >= 15 is 0 Å². The lowest BCUT2D eigenvalue weighted by molar-refractivity contribution is 0.0940. The Kier molecular flexibility index (Phi) is 5.68. The van der Waals surface area contributed by atoms with E-state index in [2.05, 4.69) is 17.9 Å². The van der Waals surface area contributed by atoms with Crippen LogP contribution in [0.4, 0.5) is 0 Å². The summed E-state index contributed by atoms with van der Waals surface area (Å²) in [5, 5.41) is 13.8. The third kappa shape index (κ3) is 3.69. The zero-order chi connectivity index (χ0) is 12.1. The molecular weight excluding hydrogens is 262 g/mol. The van der Waals surface area contributed by atoms with Gasteiger partial charge in [0.15, 0.2) is 0 Å². The highest BCUT2D eigenvalue weighted by atomic mass is 32.2. The van der Waals surface area contributed by atoms with E-state index in [9.17, 15) is 4.79 Å². The second-order valence-corrected chi connectivity index (χ2v) is 5.89. The first-order valence-electron chi connectivity index (χ1n) is 4.80. The van der Waals surface area contributed by atoms with Gasteiger partial charge in [0.25, 0.3) is 5.91 Å². The number of thiophene rings is 1. The normalized spacial score (nSPS) is 14.5. The molecule has 1 rings (SSSR count). The zero-order valence-electron chi connectivity index (χ0n) is 9.14. The number of carbonyl (C=O) groups excluding carboxylic acids is 1. The Hall–Kier alpha value is -0.170. The van der Waals surface area contributed by atoms with Crippen molar-refractivity contribution in [1.82, 2.24) is 5.32 Å². The summed E-state index contributed by atoms with van der Waals surface area (Å²) in [5.74, 6) is -0.106. The van der Waals surface area contributed by atoms with Gasteiger partial charge in [0, 0.05) is 21.6 Å². The van der Waals surface area contributed by atoms with Crippen molar-refractivity contribution >= 4 is 41.6 Å². The smallest absolute Gasteiger partial charge is 0.261 e. The first-order valence-corrected chi connectivity index (χ1v) is 7.42. The van der Waals surface area contributed by atoms with Crippen molar-refractivity contribution in [3.63, 3.8) is 0 Å². The van der Waals surface area contributed by atoms with Crippen LogP contribution >= 0.6 is 35.7 Å². The molecule has 0 bridgehead atoms. The van der Waals surface area contributed by atoms with Crippen LogP contribution in [0.2, 0.25) is 0 Å². The van der Waals surface area contributed by atoms with Gasteiger partial charge in [-0.1, -0.05) is 0 Å². The lowest BCUT2D eigenvalue weighted by atomic mass is 10.2. The molecular formula is C10H15NO2S3. The minimum absolute atomic E-state index is 0.0272. The van der Waals surface area contributed by atoms with Gasteiger partial charge < -0.3 is 10.4 Å². The Morgan fingerprint density at radius 3 is 2.88 bits per heavy atom. The molecule has 0 aliphatic carbocycles. The summed E-state index contributed by atoms with van der Waals surface area (Å²) in [4.78, 5) is 13.2. The van der Waals surface area contributed by atoms with Crippen molar-refractivity contribution in [2.75, 3.05) is 12.9 Å². The predicted molar refractivity (Wildman–Crippen MR) is 72.9 cm³/mol. The fraction of sp³-hybridized carbons (Fsp3) is 0.500. The molecule has 0 aliphatic heterocycles. The average molecular weight is 277 g/mol. The molecule has 3 nitrogen and oxygen atoms in total. The zero-order valence-corrected chi connectivity index (χ0v) is 11.7. The van der Waals surface area contributed by atoms with E-state index in [0.29, 0.717) is 4.88 Å². The van der Waals surface area contributed by atoms with E-state index in [0.717, 1.165) is 4.90 Å². The van der Waals surface area contributed by atoms with Gasteiger partial charge in [-0.3, -0.25) is 4.79 Å². The number of aliphatic hydroxyl groups excluding tert-OH is 1. The summed E-state index contributed by atoms with van der Waals surface area (Å²) < 4.78 is 0. The molecule has 1 amide bonds. The molecule has 6 heteroatoms. The van der Waals surface area contributed by atoms with E-state index in [1.165, 1.54) is 11.3 Å². The third-order valence-electron chi connectivity index (χ3n) is 2.21. The number of hydrogen-bond donors (Lipinski definition) is 3. The van der Waals surface area contributed by atoms with Crippen LogP contribution in [0.3, 0.4) is 0 Å². The van der Waals surface area contributed by atoms with E-state index in [4.69, 9.17) is 5.11 Å². The molecule has 0 fully saturated rings. The molecule has 1 heterocycles. The number of hydrogen-bond acceptors (Lipinski definition) is 5. The molecule has 2 unspecified atom stereocenters. The standard InChI is InChI=1S/C10H15NO2S3/c1-6(9(4-12)15-2)11-10(13)8-3-7(14)5-16-8/h3,5-6,9,12,14H,4H2,1-2H3,(H,11,13). The summed E-state index contributed by atoms with van der Waals surface area (Å²) in [7, 11) is 0. The molecule has 0 saturated heterocycles. The lowest BCUT2D eigenvalue weighted by Crippen LogP contribution is -2.40. The van der Waals surface area contributed by atoms with Crippen LogP contribution in [0, 0.1) is 0 Å². The summed E-state index contributed by atoms with van der Waals surface area (Å²) in [5.41, 5.74) is 0. The number of rotatable bonds is 5. The molecule has 2 N–H and O–H groups in total. The molecule has 0 saturated carbocycles. The number of thioether (sulfide) groups is 1. The number of thiol groups is 1. The van der Waals surface area contributed by atoms with Crippen LogP contribution in [0.15, 0.2) is 16.3 Å². The molecule has 90 valence electrons. The van der Waals surface area contributed by atoms with Gasteiger partial charge in [0.2, 0.25) is 0 Å². The molecule has 1 aromatic heterocycles.